The second kappa shape index (κ2) is 7.78. The van der Waals surface area contributed by atoms with Crippen molar-refractivity contribution in [2.75, 3.05) is 13.1 Å². The third-order valence-electron chi connectivity index (χ3n) is 4.35. The first kappa shape index (κ1) is 18.3. The molecule has 0 aliphatic carbocycles. The van der Waals surface area contributed by atoms with Gasteiger partial charge in [0.1, 0.15) is 11.5 Å². The predicted molar refractivity (Wildman–Crippen MR) is 100 cm³/mol. The first-order valence-corrected chi connectivity index (χ1v) is 9.10. The summed E-state index contributed by atoms with van der Waals surface area (Å²) in [7, 11) is 0. The molecule has 1 saturated heterocycles. The van der Waals surface area contributed by atoms with Crippen LogP contribution in [0.4, 0.5) is 0 Å². The lowest BCUT2D eigenvalue weighted by Gasteiger charge is -2.32. The van der Waals surface area contributed by atoms with E-state index >= 15 is 0 Å². The number of hydrogen-bond acceptors (Lipinski definition) is 4. The first-order chi connectivity index (χ1) is 12.4. The number of phenolic OH excluding ortho intramolecular Hbond substituents is 2. The van der Waals surface area contributed by atoms with Gasteiger partial charge in [-0.3, -0.25) is 9.59 Å². The fourth-order valence-corrected chi connectivity index (χ4v) is 3.43. The molecule has 0 aromatic heterocycles. The van der Waals surface area contributed by atoms with Crippen LogP contribution in [0.15, 0.2) is 46.9 Å². The molecule has 7 heteroatoms. The summed E-state index contributed by atoms with van der Waals surface area (Å²) >= 11 is 3.37. The van der Waals surface area contributed by atoms with E-state index < -0.39 is 0 Å². The largest absolute Gasteiger partial charge is 0.508 e. The molecule has 2 aromatic carbocycles. The highest BCUT2D eigenvalue weighted by molar-refractivity contribution is 9.10. The van der Waals surface area contributed by atoms with Crippen molar-refractivity contribution in [1.82, 2.24) is 10.2 Å². The number of rotatable bonds is 3. The number of benzene rings is 2. The maximum Gasteiger partial charge on any atom is 0.253 e. The summed E-state index contributed by atoms with van der Waals surface area (Å²) in [6.45, 7) is 1.11. The molecular formula is C19H19BrN2O4. The van der Waals surface area contributed by atoms with Crippen molar-refractivity contribution in [3.05, 3.63) is 58.1 Å². The molecule has 0 atom stereocenters. The fourth-order valence-electron chi connectivity index (χ4n) is 3.03. The van der Waals surface area contributed by atoms with Gasteiger partial charge in [-0.2, -0.15) is 0 Å². The Morgan fingerprint density at radius 1 is 1.00 bits per heavy atom. The van der Waals surface area contributed by atoms with E-state index in [4.69, 9.17) is 0 Å². The number of amides is 2. The zero-order chi connectivity index (χ0) is 18.7. The molecule has 26 heavy (non-hydrogen) atoms. The Labute approximate surface area is 159 Å². The monoisotopic (exact) mass is 418 g/mol. The Bertz CT molecular complexity index is 812. The van der Waals surface area contributed by atoms with Crippen LogP contribution >= 0.6 is 15.9 Å². The molecule has 1 aliphatic rings. The summed E-state index contributed by atoms with van der Waals surface area (Å²) in [5.41, 5.74) is 0.840. The predicted octanol–water partition coefficient (Wildman–Crippen LogP) is 2.89. The number of nitrogens with zero attached hydrogens (tertiary/aromatic N) is 1. The van der Waals surface area contributed by atoms with Gasteiger partial charge in [-0.1, -0.05) is 22.0 Å². The normalized spacial score (nSPS) is 14.9. The third-order valence-corrected chi connectivity index (χ3v) is 4.85. The van der Waals surface area contributed by atoms with Crippen LogP contribution in [0.1, 0.15) is 33.6 Å². The standard InChI is InChI=1S/C19H19BrN2O4/c20-14-3-1-2-12(8-14)19(26)22-6-4-15(5-7-22)21-18(25)13-9-16(23)11-17(24)10-13/h1-3,8-11,15,23-24H,4-7H2,(H,21,25). The van der Waals surface area contributed by atoms with E-state index in [1.54, 1.807) is 17.0 Å². The number of halogens is 1. The van der Waals surface area contributed by atoms with Crippen molar-refractivity contribution in [3.8, 4) is 11.5 Å². The van der Waals surface area contributed by atoms with Crippen LogP contribution in [-0.2, 0) is 0 Å². The molecular weight excluding hydrogens is 400 g/mol. The number of piperidine rings is 1. The quantitative estimate of drug-likeness (QED) is 0.714. The molecule has 1 heterocycles. The van der Waals surface area contributed by atoms with Crippen molar-refractivity contribution < 1.29 is 19.8 Å². The zero-order valence-corrected chi connectivity index (χ0v) is 15.6. The topological polar surface area (TPSA) is 89.9 Å². The summed E-state index contributed by atoms with van der Waals surface area (Å²) in [4.78, 5) is 26.6. The average molecular weight is 419 g/mol. The number of hydrogen-bond donors (Lipinski definition) is 3. The van der Waals surface area contributed by atoms with E-state index in [0.29, 0.717) is 31.5 Å². The molecule has 136 valence electrons. The minimum Gasteiger partial charge on any atom is -0.508 e. The highest BCUT2D eigenvalue weighted by Crippen LogP contribution is 2.21. The SMILES string of the molecule is O=C(NC1CCN(C(=O)c2cccc(Br)c2)CC1)c1cc(O)cc(O)c1. The van der Waals surface area contributed by atoms with Crippen molar-refractivity contribution >= 4 is 27.7 Å². The molecule has 2 amide bonds. The van der Waals surface area contributed by atoms with Gasteiger partial charge in [0, 0.05) is 40.8 Å². The molecule has 0 unspecified atom stereocenters. The smallest absolute Gasteiger partial charge is 0.253 e. The van der Waals surface area contributed by atoms with Crippen molar-refractivity contribution in [2.24, 2.45) is 0 Å². The second-order valence-corrected chi connectivity index (χ2v) is 7.20. The third kappa shape index (κ3) is 4.35. The minimum atomic E-state index is -0.354. The van der Waals surface area contributed by atoms with E-state index in [1.807, 2.05) is 12.1 Å². The molecule has 0 radical (unpaired) electrons. The number of likely N-dealkylation sites (tertiary alicyclic amines) is 1. The Morgan fingerprint density at radius 3 is 2.27 bits per heavy atom. The Kier molecular flexibility index (Phi) is 5.46. The van der Waals surface area contributed by atoms with Crippen LogP contribution in [0.25, 0.3) is 0 Å². The van der Waals surface area contributed by atoms with Gasteiger partial charge in [0.05, 0.1) is 0 Å². The van der Waals surface area contributed by atoms with Gasteiger partial charge >= 0.3 is 0 Å². The molecule has 3 rings (SSSR count). The first-order valence-electron chi connectivity index (χ1n) is 8.31. The van der Waals surface area contributed by atoms with Gasteiger partial charge in [0.25, 0.3) is 11.8 Å². The minimum absolute atomic E-state index is 0.0195. The van der Waals surface area contributed by atoms with Crippen molar-refractivity contribution in [1.29, 1.82) is 0 Å². The highest BCUT2D eigenvalue weighted by atomic mass is 79.9. The summed E-state index contributed by atoms with van der Waals surface area (Å²) in [6, 6.07) is 11.0. The van der Waals surface area contributed by atoms with Crippen molar-refractivity contribution in [3.63, 3.8) is 0 Å². The Morgan fingerprint density at radius 2 is 1.65 bits per heavy atom. The van der Waals surface area contributed by atoms with Crippen LogP contribution in [0.5, 0.6) is 11.5 Å². The van der Waals surface area contributed by atoms with Gasteiger partial charge in [-0.25, -0.2) is 0 Å². The molecule has 6 nitrogen and oxygen atoms in total. The van der Waals surface area contributed by atoms with Gasteiger partial charge in [-0.05, 0) is 43.2 Å². The number of aromatic hydroxyl groups is 2. The molecule has 3 N–H and O–H groups in total. The summed E-state index contributed by atoms with van der Waals surface area (Å²) < 4.78 is 0.861. The molecule has 0 saturated carbocycles. The van der Waals surface area contributed by atoms with Crippen LogP contribution < -0.4 is 5.32 Å². The zero-order valence-electron chi connectivity index (χ0n) is 14.0. The molecule has 2 aromatic rings. The molecule has 1 aliphatic heterocycles. The number of phenols is 2. The van der Waals surface area contributed by atoms with E-state index in [1.165, 1.54) is 18.2 Å². The lowest BCUT2D eigenvalue weighted by molar-refractivity contribution is 0.0698. The van der Waals surface area contributed by atoms with E-state index in [0.717, 1.165) is 4.47 Å². The van der Waals surface area contributed by atoms with Crippen LogP contribution in [-0.4, -0.2) is 46.1 Å². The fraction of sp³-hybridized carbons (Fsp3) is 0.263. The molecule has 1 fully saturated rings. The van der Waals surface area contributed by atoms with Gasteiger partial charge in [0.2, 0.25) is 0 Å². The Hall–Kier alpha value is -2.54. The van der Waals surface area contributed by atoms with Crippen LogP contribution in [0, 0.1) is 0 Å². The van der Waals surface area contributed by atoms with Crippen molar-refractivity contribution in [2.45, 2.75) is 18.9 Å². The highest BCUT2D eigenvalue weighted by Gasteiger charge is 2.25. The Balaban J connectivity index is 1.56. The molecule has 0 spiro atoms. The lowest BCUT2D eigenvalue weighted by atomic mass is 10.0. The van der Waals surface area contributed by atoms with Crippen LogP contribution in [0.2, 0.25) is 0 Å². The average Bonchev–Trinajstić information content (AvgIpc) is 2.61. The van der Waals surface area contributed by atoms with Gasteiger partial charge < -0.3 is 20.4 Å². The van der Waals surface area contributed by atoms with E-state index in [2.05, 4.69) is 21.2 Å². The van der Waals surface area contributed by atoms with Crippen LogP contribution in [0.3, 0.4) is 0 Å². The number of nitrogens with one attached hydrogen (secondary N) is 1. The summed E-state index contributed by atoms with van der Waals surface area (Å²) in [6.07, 6.45) is 1.30. The van der Waals surface area contributed by atoms with Gasteiger partial charge in [0.15, 0.2) is 0 Å². The second-order valence-electron chi connectivity index (χ2n) is 6.29. The lowest BCUT2D eigenvalue weighted by Crippen LogP contribution is -2.46. The maximum atomic E-state index is 12.5. The summed E-state index contributed by atoms with van der Waals surface area (Å²) in [5, 5.41) is 21.9. The van der Waals surface area contributed by atoms with Gasteiger partial charge in [-0.15, -0.1) is 0 Å². The molecule has 0 bridgehead atoms. The number of carbonyl (C=O) groups is 2. The van der Waals surface area contributed by atoms with E-state index in [9.17, 15) is 19.8 Å². The van der Waals surface area contributed by atoms with E-state index in [-0.39, 0.29) is 34.9 Å². The maximum absolute atomic E-state index is 12.5. The summed E-state index contributed by atoms with van der Waals surface area (Å²) in [5.74, 6) is -0.698. The number of carbonyl (C=O) groups excluding carboxylic acids is 2.